The molecule has 2 nitrogen and oxygen atoms in total. The Labute approximate surface area is 116 Å². The molecular weight excluding hydrogens is 262 g/mol. The monoisotopic (exact) mass is 278 g/mol. The van der Waals surface area contributed by atoms with E-state index in [1.54, 1.807) is 19.2 Å². The number of hydrogen-bond acceptors (Lipinski definition) is 2. The van der Waals surface area contributed by atoms with Crippen LogP contribution in [0.2, 0.25) is 0 Å². The van der Waals surface area contributed by atoms with Crippen LogP contribution in [0, 0.1) is 25.5 Å². The summed E-state index contributed by atoms with van der Waals surface area (Å²) in [4.78, 5) is 0. The van der Waals surface area contributed by atoms with E-state index in [2.05, 4.69) is 0 Å². The van der Waals surface area contributed by atoms with Gasteiger partial charge < -0.3 is 9.84 Å². The number of hydrogen-bond donors (Lipinski definition) is 1. The number of benzene rings is 2. The topological polar surface area (TPSA) is 29.5 Å². The molecule has 2 aromatic carbocycles. The minimum atomic E-state index is -1.14. The Morgan fingerprint density at radius 1 is 1.00 bits per heavy atom. The molecule has 1 atom stereocenters. The fraction of sp³-hybridized carbons (Fsp3) is 0.250. The smallest absolute Gasteiger partial charge is 0.132 e. The summed E-state index contributed by atoms with van der Waals surface area (Å²) in [6.45, 7) is 3.65. The van der Waals surface area contributed by atoms with Crippen LogP contribution in [0.5, 0.6) is 5.75 Å². The van der Waals surface area contributed by atoms with Crippen molar-refractivity contribution in [2.75, 3.05) is 7.11 Å². The van der Waals surface area contributed by atoms with Crippen LogP contribution in [-0.2, 0) is 0 Å². The van der Waals surface area contributed by atoms with Gasteiger partial charge in [-0.3, -0.25) is 0 Å². The Bertz CT molecular complexity index is 639. The molecule has 2 rings (SSSR count). The maximum Gasteiger partial charge on any atom is 0.132 e. The van der Waals surface area contributed by atoms with Gasteiger partial charge in [-0.1, -0.05) is 6.07 Å². The summed E-state index contributed by atoms with van der Waals surface area (Å²) >= 11 is 0. The van der Waals surface area contributed by atoms with Crippen molar-refractivity contribution in [1.82, 2.24) is 0 Å². The van der Waals surface area contributed by atoms with Crippen LogP contribution < -0.4 is 4.74 Å². The third kappa shape index (κ3) is 2.65. The standard InChI is InChI=1S/C16H16F2O2/c1-9-7-15(20-3)10(2)6-13(9)16(19)12-5-4-11(17)8-14(12)18/h4-8,16,19H,1-3H3. The molecule has 0 fully saturated rings. The molecule has 20 heavy (non-hydrogen) atoms. The van der Waals surface area contributed by atoms with Gasteiger partial charge in [0.1, 0.15) is 23.5 Å². The lowest BCUT2D eigenvalue weighted by atomic mass is 9.95. The van der Waals surface area contributed by atoms with Crippen molar-refractivity contribution in [3.05, 3.63) is 64.2 Å². The van der Waals surface area contributed by atoms with Gasteiger partial charge in [-0.05, 0) is 48.7 Å². The molecule has 0 heterocycles. The fourth-order valence-electron chi connectivity index (χ4n) is 2.22. The number of halogens is 2. The van der Waals surface area contributed by atoms with E-state index in [-0.39, 0.29) is 5.56 Å². The van der Waals surface area contributed by atoms with E-state index in [1.807, 2.05) is 13.8 Å². The van der Waals surface area contributed by atoms with Gasteiger partial charge in [0.2, 0.25) is 0 Å². The first-order chi connectivity index (χ1) is 9.43. The predicted molar refractivity (Wildman–Crippen MR) is 72.9 cm³/mol. The van der Waals surface area contributed by atoms with Crippen LogP contribution in [0.15, 0.2) is 30.3 Å². The molecule has 106 valence electrons. The molecule has 0 aliphatic rings. The van der Waals surface area contributed by atoms with Gasteiger partial charge in [-0.15, -0.1) is 0 Å². The van der Waals surface area contributed by atoms with Gasteiger partial charge >= 0.3 is 0 Å². The second-order valence-electron chi connectivity index (χ2n) is 4.75. The van der Waals surface area contributed by atoms with Gasteiger partial charge in [0, 0.05) is 11.6 Å². The molecule has 0 bridgehead atoms. The van der Waals surface area contributed by atoms with Crippen LogP contribution in [0.4, 0.5) is 8.78 Å². The average Bonchev–Trinajstić information content (AvgIpc) is 2.40. The number of aliphatic hydroxyl groups is 1. The molecule has 1 unspecified atom stereocenters. The Hall–Kier alpha value is -1.94. The molecule has 0 radical (unpaired) electrons. The summed E-state index contributed by atoms with van der Waals surface area (Å²) in [7, 11) is 1.57. The first-order valence-electron chi connectivity index (χ1n) is 6.22. The Morgan fingerprint density at radius 3 is 2.30 bits per heavy atom. The molecule has 0 amide bonds. The lowest BCUT2D eigenvalue weighted by Crippen LogP contribution is -2.06. The molecule has 0 aliphatic heterocycles. The molecule has 0 spiro atoms. The third-order valence-corrected chi connectivity index (χ3v) is 3.34. The van der Waals surface area contributed by atoms with Crippen molar-refractivity contribution in [2.24, 2.45) is 0 Å². The summed E-state index contributed by atoms with van der Waals surface area (Å²) in [5, 5.41) is 10.3. The van der Waals surface area contributed by atoms with Crippen LogP contribution >= 0.6 is 0 Å². The molecule has 0 aromatic heterocycles. The summed E-state index contributed by atoms with van der Waals surface area (Å²) in [6.07, 6.45) is -1.14. The summed E-state index contributed by atoms with van der Waals surface area (Å²) in [5.41, 5.74) is 2.26. The third-order valence-electron chi connectivity index (χ3n) is 3.34. The zero-order chi connectivity index (χ0) is 14.9. The van der Waals surface area contributed by atoms with Crippen molar-refractivity contribution in [3.8, 4) is 5.75 Å². The highest BCUT2D eigenvalue weighted by molar-refractivity contribution is 5.45. The Balaban J connectivity index is 2.48. The molecule has 2 aromatic rings. The molecule has 1 N–H and O–H groups in total. The van der Waals surface area contributed by atoms with E-state index >= 15 is 0 Å². The van der Waals surface area contributed by atoms with Crippen LogP contribution in [0.25, 0.3) is 0 Å². The highest BCUT2D eigenvalue weighted by atomic mass is 19.1. The maximum absolute atomic E-state index is 13.7. The summed E-state index contributed by atoms with van der Waals surface area (Å²) in [5.74, 6) is -0.718. The van der Waals surface area contributed by atoms with E-state index in [4.69, 9.17) is 4.74 Å². The Morgan fingerprint density at radius 2 is 1.70 bits per heavy atom. The van der Waals surface area contributed by atoms with Gasteiger partial charge in [0.25, 0.3) is 0 Å². The van der Waals surface area contributed by atoms with Crippen molar-refractivity contribution >= 4 is 0 Å². The zero-order valence-electron chi connectivity index (χ0n) is 11.6. The largest absolute Gasteiger partial charge is 0.496 e. The van der Waals surface area contributed by atoms with E-state index in [1.165, 1.54) is 6.07 Å². The van der Waals surface area contributed by atoms with Crippen molar-refractivity contribution < 1.29 is 18.6 Å². The zero-order valence-corrected chi connectivity index (χ0v) is 11.6. The van der Waals surface area contributed by atoms with Crippen LogP contribution in [-0.4, -0.2) is 12.2 Å². The van der Waals surface area contributed by atoms with Gasteiger partial charge in [-0.25, -0.2) is 8.78 Å². The lowest BCUT2D eigenvalue weighted by molar-refractivity contribution is 0.213. The van der Waals surface area contributed by atoms with E-state index in [0.717, 1.165) is 23.3 Å². The number of aliphatic hydroxyl groups excluding tert-OH is 1. The molecule has 0 saturated heterocycles. The molecule has 0 aliphatic carbocycles. The van der Waals surface area contributed by atoms with Crippen LogP contribution in [0.3, 0.4) is 0 Å². The normalized spacial score (nSPS) is 12.3. The SMILES string of the molecule is COc1cc(C)c(C(O)c2ccc(F)cc2F)cc1C. The van der Waals surface area contributed by atoms with Gasteiger partial charge in [0.05, 0.1) is 7.11 Å². The second kappa shape index (κ2) is 5.59. The molecule has 0 saturated carbocycles. The van der Waals surface area contributed by atoms with E-state index in [9.17, 15) is 13.9 Å². The van der Waals surface area contributed by atoms with Crippen molar-refractivity contribution in [3.63, 3.8) is 0 Å². The highest BCUT2D eigenvalue weighted by Gasteiger charge is 2.18. The number of aryl methyl sites for hydroxylation is 2. The second-order valence-corrected chi connectivity index (χ2v) is 4.75. The lowest BCUT2D eigenvalue weighted by Gasteiger charge is -2.17. The Kier molecular flexibility index (Phi) is 4.04. The number of ether oxygens (including phenoxy) is 1. The minimum absolute atomic E-state index is 0.0547. The van der Waals surface area contributed by atoms with Crippen LogP contribution in [0.1, 0.15) is 28.4 Å². The van der Waals surface area contributed by atoms with Gasteiger partial charge in [-0.2, -0.15) is 0 Å². The minimum Gasteiger partial charge on any atom is -0.496 e. The summed E-state index contributed by atoms with van der Waals surface area (Å²) in [6, 6.07) is 6.70. The molecule has 4 heteroatoms. The van der Waals surface area contributed by atoms with E-state index < -0.39 is 17.7 Å². The fourth-order valence-corrected chi connectivity index (χ4v) is 2.22. The van der Waals surface area contributed by atoms with E-state index in [0.29, 0.717) is 11.3 Å². The number of methoxy groups -OCH3 is 1. The van der Waals surface area contributed by atoms with Gasteiger partial charge in [0.15, 0.2) is 0 Å². The van der Waals surface area contributed by atoms with Crippen molar-refractivity contribution in [1.29, 1.82) is 0 Å². The highest BCUT2D eigenvalue weighted by Crippen LogP contribution is 2.31. The quantitative estimate of drug-likeness (QED) is 0.928. The average molecular weight is 278 g/mol. The maximum atomic E-state index is 13.7. The van der Waals surface area contributed by atoms with Crippen molar-refractivity contribution in [2.45, 2.75) is 20.0 Å². The summed E-state index contributed by atoms with van der Waals surface area (Å²) < 4.78 is 31.9. The molecular formula is C16H16F2O2. The number of rotatable bonds is 3. The first-order valence-corrected chi connectivity index (χ1v) is 6.22. The first kappa shape index (κ1) is 14.5. The predicted octanol–water partition coefficient (Wildman–Crippen LogP) is 3.67.